The van der Waals surface area contributed by atoms with E-state index in [1.54, 1.807) is 12.8 Å². The van der Waals surface area contributed by atoms with Gasteiger partial charge in [0.15, 0.2) is 0 Å². The second kappa shape index (κ2) is 8.85. The number of benzene rings is 3. The minimum atomic E-state index is -1.98. The quantitative estimate of drug-likeness (QED) is 0.217. The molecule has 4 unspecified atom stereocenters. The van der Waals surface area contributed by atoms with E-state index in [-0.39, 0.29) is 0 Å². The molecule has 4 heteroatoms. The first-order valence-corrected chi connectivity index (χ1v) is 20.5. The predicted octanol–water partition coefficient (Wildman–Crippen LogP) is 6.34. The van der Waals surface area contributed by atoms with Crippen molar-refractivity contribution in [3.05, 3.63) is 103 Å². The van der Waals surface area contributed by atoms with Gasteiger partial charge < -0.3 is 0 Å². The standard InChI is InChI=1S/C6H9P3.3C6H5.Sn/c1-2-6-4-3-5(1)8-7-9(6)8;3*1-2-4-6-5-3-1;/h1-2,5-7H,3-4H2;3*1-5H;. The van der Waals surface area contributed by atoms with E-state index in [0.29, 0.717) is 13.8 Å². The van der Waals surface area contributed by atoms with Crippen LogP contribution in [-0.4, -0.2) is 19.8 Å². The summed E-state index contributed by atoms with van der Waals surface area (Å²) in [6.45, 7) is 1.33. The van der Waals surface area contributed by atoms with Crippen LogP contribution in [-0.2, 0) is 0 Å². The van der Waals surface area contributed by atoms with Crippen molar-refractivity contribution in [2.45, 2.75) is 24.2 Å². The van der Waals surface area contributed by atoms with Crippen LogP contribution in [0.25, 0.3) is 0 Å². The summed E-state index contributed by atoms with van der Waals surface area (Å²) in [5, 5.41) is 0. The summed E-state index contributed by atoms with van der Waals surface area (Å²) < 4.78 is 4.59. The second-order valence-electron chi connectivity index (χ2n) is 7.36. The zero-order valence-corrected chi connectivity index (χ0v) is 21.4. The Morgan fingerprint density at radius 3 is 1.21 bits per heavy atom. The van der Waals surface area contributed by atoms with Crippen LogP contribution in [0.2, 0.25) is 0 Å². The molecule has 139 valence electrons. The topological polar surface area (TPSA) is 0 Å². The molecule has 0 N–H and O–H groups in total. The molecule has 0 spiro atoms. The maximum absolute atomic E-state index is 2.53. The van der Waals surface area contributed by atoms with E-state index in [4.69, 9.17) is 0 Å². The Kier molecular flexibility index (Phi) is 6.03. The van der Waals surface area contributed by atoms with Crippen LogP contribution in [0.4, 0.5) is 0 Å². The van der Waals surface area contributed by atoms with Gasteiger partial charge in [-0.1, -0.05) is 33.5 Å². The summed E-state index contributed by atoms with van der Waals surface area (Å²) in [5.41, 5.74) is 2.24. The fraction of sp³-hybridized carbons (Fsp3) is 0.167. The summed E-state index contributed by atoms with van der Waals surface area (Å²) in [7, 11) is 1.47. The van der Waals surface area contributed by atoms with E-state index in [1.165, 1.54) is 18.3 Å². The van der Waals surface area contributed by atoms with Crippen molar-refractivity contribution in [2.24, 2.45) is 0 Å². The number of hydrogen-bond donors (Lipinski definition) is 0. The second-order valence-corrected chi connectivity index (χ2v) is 27.5. The molecule has 3 aromatic carbocycles. The van der Waals surface area contributed by atoms with Crippen molar-refractivity contribution in [3.63, 3.8) is 0 Å². The summed E-state index contributed by atoms with van der Waals surface area (Å²) >= 11 is -1.98. The molecule has 1 aliphatic carbocycles. The number of allylic oxidation sites excluding steroid dienone is 2. The van der Waals surface area contributed by atoms with Crippen LogP contribution < -0.4 is 10.7 Å². The third kappa shape index (κ3) is 4.17. The van der Waals surface area contributed by atoms with Crippen molar-refractivity contribution in [2.75, 3.05) is 0 Å². The predicted molar refractivity (Wildman–Crippen MR) is 132 cm³/mol. The van der Waals surface area contributed by atoms with Crippen LogP contribution >= 0.6 is 21.3 Å². The molecule has 0 nitrogen and oxygen atoms in total. The first-order valence-electron chi connectivity index (χ1n) is 9.96. The Labute approximate surface area is 178 Å². The van der Waals surface area contributed by atoms with E-state index >= 15 is 0 Å². The van der Waals surface area contributed by atoms with Crippen LogP contribution in [0.1, 0.15) is 24.2 Å². The van der Waals surface area contributed by atoms with E-state index in [1.807, 2.05) is 0 Å². The van der Waals surface area contributed by atoms with Gasteiger partial charge in [0.05, 0.1) is 0 Å². The first-order chi connectivity index (χ1) is 13.9. The Balaban J connectivity index is 0.000000155. The van der Waals surface area contributed by atoms with Gasteiger partial charge in [-0.15, -0.1) is 0 Å². The Morgan fingerprint density at radius 2 is 0.929 bits per heavy atom. The van der Waals surface area contributed by atoms with E-state index < -0.39 is 19.8 Å². The molecule has 2 bridgehead atoms. The molecule has 1 aromatic heterocycles. The van der Waals surface area contributed by atoms with Gasteiger partial charge in [0, 0.05) is 11.3 Å². The van der Waals surface area contributed by atoms with Crippen molar-refractivity contribution in [1.29, 1.82) is 0 Å². The number of hydrogen-bond acceptors (Lipinski definition) is 0. The molecule has 0 saturated heterocycles. The molecule has 2 aliphatic heterocycles. The van der Waals surface area contributed by atoms with Crippen molar-refractivity contribution < 1.29 is 0 Å². The molecule has 1 radical (unpaired) electrons. The molecule has 28 heavy (non-hydrogen) atoms. The van der Waals surface area contributed by atoms with Gasteiger partial charge >= 0.3 is 121 Å². The molecule has 4 aromatic rings. The van der Waals surface area contributed by atoms with Crippen molar-refractivity contribution in [1.82, 2.24) is 0 Å². The van der Waals surface area contributed by atoms with Gasteiger partial charge in [-0.05, 0) is 12.8 Å². The van der Waals surface area contributed by atoms with Crippen LogP contribution in [0.3, 0.4) is 0 Å². The molecule has 0 amide bonds. The van der Waals surface area contributed by atoms with Crippen LogP contribution in [0.5, 0.6) is 0 Å². The average molecular weight is 524 g/mol. The van der Waals surface area contributed by atoms with Gasteiger partial charge in [0.25, 0.3) is 0 Å². The van der Waals surface area contributed by atoms with E-state index in [2.05, 4.69) is 103 Å². The van der Waals surface area contributed by atoms with Crippen molar-refractivity contribution >= 4 is 51.8 Å². The first kappa shape index (κ1) is 19.1. The fourth-order valence-electron chi connectivity index (χ4n) is 4.07. The Bertz CT molecular complexity index is 910. The molecule has 3 heterocycles. The van der Waals surface area contributed by atoms with Gasteiger partial charge in [-0.3, -0.25) is 0 Å². The summed E-state index contributed by atoms with van der Waals surface area (Å²) in [6, 6.07) is 32.9. The fourth-order valence-corrected chi connectivity index (χ4v) is 29.3. The molecule has 0 saturated carbocycles. The van der Waals surface area contributed by atoms with E-state index in [0.717, 1.165) is 11.3 Å². The Hall–Kier alpha value is -0.901. The zero-order valence-electron chi connectivity index (χ0n) is 15.8. The van der Waals surface area contributed by atoms with Crippen molar-refractivity contribution in [3.8, 4) is 0 Å². The molecule has 0 fully saturated rings. The van der Waals surface area contributed by atoms with Crippen LogP contribution in [0, 0.1) is 0 Å². The Morgan fingerprint density at radius 1 is 0.571 bits per heavy atom. The number of fused-ring (bicyclic) bond motifs is 1. The summed E-state index contributed by atoms with van der Waals surface area (Å²) in [4.78, 5) is 0. The monoisotopic (exact) mass is 525 g/mol. The summed E-state index contributed by atoms with van der Waals surface area (Å²) in [5.74, 6) is 0. The maximum atomic E-state index is 2.53. The van der Waals surface area contributed by atoms with Gasteiger partial charge in [0.1, 0.15) is 0 Å². The third-order valence-electron chi connectivity index (χ3n) is 5.53. The molecular weight excluding hydrogens is 500 g/mol. The molecular formula is C24H24P3Sn. The van der Waals surface area contributed by atoms with E-state index in [9.17, 15) is 0 Å². The van der Waals surface area contributed by atoms with Gasteiger partial charge in [-0.25, -0.2) is 0 Å². The third-order valence-corrected chi connectivity index (χ3v) is 28.3. The van der Waals surface area contributed by atoms with Gasteiger partial charge in [-0.2, -0.15) is 0 Å². The zero-order chi connectivity index (χ0) is 18.8. The molecule has 4 atom stereocenters. The van der Waals surface area contributed by atoms with Crippen LogP contribution in [0.15, 0.2) is 103 Å². The summed E-state index contributed by atoms with van der Waals surface area (Å²) in [6.07, 6.45) is 8.16. The number of rotatable bonds is 3. The normalized spacial score (nSPS) is 20.9. The minimum absolute atomic E-state index is 0.667. The van der Waals surface area contributed by atoms with Gasteiger partial charge in [0.2, 0.25) is 0 Å². The molecule has 7 rings (SSSR count). The SMILES string of the molecule is C1=CC2CCC1p1[pH]p12.c1cc[c]([Sn]([c]2ccccc2)[c]2ccccc2)cc1. The molecule has 3 aliphatic rings. The average Bonchev–Trinajstić information content (AvgIpc) is 3.61.